The van der Waals surface area contributed by atoms with Gasteiger partial charge in [-0.05, 0) is 81.1 Å². The Kier molecular flexibility index (Phi) is 3.11. The molecule has 26 heavy (non-hydrogen) atoms. The summed E-state index contributed by atoms with van der Waals surface area (Å²) in [5, 5.41) is 0. The lowest BCUT2D eigenvalue weighted by Crippen LogP contribution is -2.55. The van der Waals surface area contributed by atoms with E-state index in [1.54, 1.807) is 6.92 Å². The Morgan fingerprint density at radius 2 is 1.92 bits per heavy atom. The van der Waals surface area contributed by atoms with Crippen LogP contribution in [-0.2, 0) is 14.3 Å². The molecule has 0 aromatic heterocycles. The van der Waals surface area contributed by atoms with E-state index in [2.05, 4.69) is 27.7 Å². The third-order valence-electron chi connectivity index (χ3n) is 9.66. The summed E-state index contributed by atoms with van der Waals surface area (Å²) in [6, 6.07) is 0. The summed E-state index contributed by atoms with van der Waals surface area (Å²) in [5.74, 6) is 2.92. The molecule has 3 heteroatoms. The zero-order valence-electron chi connectivity index (χ0n) is 16.9. The Morgan fingerprint density at radius 3 is 2.62 bits per heavy atom. The Balaban J connectivity index is 1.56. The van der Waals surface area contributed by atoms with Crippen molar-refractivity contribution in [3.05, 3.63) is 11.6 Å². The van der Waals surface area contributed by atoms with Crippen molar-refractivity contribution in [2.75, 3.05) is 0 Å². The van der Waals surface area contributed by atoms with E-state index < -0.39 is 5.60 Å². The van der Waals surface area contributed by atoms with Crippen molar-refractivity contribution < 1.29 is 14.3 Å². The van der Waals surface area contributed by atoms with Crippen molar-refractivity contribution >= 4 is 11.6 Å². The summed E-state index contributed by atoms with van der Waals surface area (Å²) in [6.07, 6.45) is 8.16. The third-order valence-corrected chi connectivity index (χ3v) is 9.66. The molecular formula is C23H32O3. The van der Waals surface area contributed by atoms with Crippen molar-refractivity contribution in [1.82, 2.24) is 0 Å². The zero-order valence-corrected chi connectivity index (χ0v) is 16.9. The van der Waals surface area contributed by atoms with Crippen LogP contribution in [0.4, 0.5) is 0 Å². The quantitative estimate of drug-likeness (QED) is 0.650. The third kappa shape index (κ3) is 1.66. The van der Waals surface area contributed by atoms with E-state index in [-0.39, 0.29) is 22.2 Å². The number of fused-ring (bicyclic) bond motifs is 7. The van der Waals surface area contributed by atoms with Crippen LogP contribution >= 0.6 is 0 Å². The molecule has 1 aliphatic heterocycles. The molecular weight excluding hydrogens is 324 g/mol. The van der Waals surface area contributed by atoms with Gasteiger partial charge in [0.1, 0.15) is 5.60 Å². The van der Waals surface area contributed by atoms with Gasteiger partial charge in [0.2, 0.25) is 0 Å². The van der Waals surface area contributed by atoms with Crippen LogP contribution in [0, 0.1) is 34.5 Å². The van der Waals surface area contributed by atoms with E-state index in [9.17, 15) is 9.59 Å². The van der Waals surface area contributed by atoms with Gasteiger partial charge in [-0.25, -0.2) is 0 Å². The summed E-state index contributed by atoms with van der Waals surface area (Å²) < 4.78 is 6.21. The molecule has 0 unspecified atom stereocenters. The second-order valence-corrected chi connectivity index (χ2v) is 10.7. The normalized spacial score (nSPS) is 57.4. The van der Waals surface area contributed by atoms with Gasteiger partial charge in [0.05, 0.1) is 0 Å². The predicted molar refractivity (Wildman–Crippen MR) is 99.5 cm³/mol. The van der Waals surface area contributed by atoms with Gasteiger partial charge in [-0.3, -0.25) is 9.59 Å². The number of ketones is 2. The number of carbonyl (C=O) groups excluding carboxylic acids is 2. The molecule has 1 heterocycles. The molecule has 142 valence electrons. The second-order valence-electron chi connectivity index (χ2n) is 10.7. The maximum Gasteiger partial charge on any atom is 0.165 e. The summed E-state index contributed by atoms with van der Waals surface area (Å²) >= 11 is 0. The molecule has 1 saturated heterocycles. The minimum atomic E-state index is -0.529. The first-order valence-electron chi connectivity index (χ1n) is 10.6. The maximum absolute atomic E-state index is 12.7. The molecule has 5 aliphatic rings. The van der Waals surface area contributed by atoms with Crippen LogP contribution in [0.2, 0.25) is 0 Å². The highest BCUT2D eigenvalue weighted by atomic mass is 16.6. The minimum absolute atomic E-state index is 0.0173. The van der Waals surface area contributed by atoms with Crippen molar-refractivity contribution in [3.8, 4) is 0 Å². The van der Waals surface area contributed by atoms with Crippen LogP contribution in [0.25, 0.3) is 0 Å². The molecule has 4 fully saturated rings. The van der Waals surface area contributed by atoms with Gasteiger partial charge in [-0.2, -0.15) is 0 Å². The second kappa shape index (κ2) is 4.71. The van der Waals surface area contributed by atoms with Gasteiger partial charge < -0.3 is 4.74 Å². The molecule has 0 bridgehead atoms. The van der Waals surface area contributed by atoms with Crippen LogP contribution in [0.15, 0.2) is 11.6 Å². The summed E-state index contributed by atoms with van der Waals surface area (Å²) in [6.45, 7) is 11.0. The zero-order chi connectivity index (χ0) is 18.7. The van der Waals surface area contributed by atoms with E-state index >= 15 is 0 Å². The molecule has 8 atom stereocenters. The van der Waals surface area contributed by atoms with Gasteiger partial charge in [0, 0.05) is 11.8 Å². The first-order chi connectivity index (χ1) is 12.1. The topological polar surface area (TPSA) is 46.7 Å². The Bertz CT molecular complexity index is 753. The lowest BCUT2D eigenvalue weighted by Gasteiger charge is -2.59. The number of carbonyl (C=O) groups is 2. The van der Waals surface area contributed by atoms with Gasteiger partial charge in [0.25, 0.3) is 0 Å². The molecule has 0 aromatic rings. The van der Waals surface area contributed by atoms with Gasteiger partial charge in [-0.1, -0.05) is 26.3 Å². The van der Waals surface area contributed by atoms with E-state index in [0.717, 1.165) is 19.3 Å². The molecule has 4 aliphatic carbocycles. The number of hydrogen-bond donors (Lipinski definition) is 0. The number of ether oxygens (including phenoxy) is 1. The SMILES string of the molecule is CC(=O)[C@@]12O[C@]1(C)C[C@@H]1[C@@H]3C[C@H](C)C4=CC(=O)CC[C@]4(C)[C@@H]3CC[C@]12C. The fourth-order valence-corrected chi connectivity index (χ4v) is 8.60. The fraction of sp³-hybridized carbons (Fsp3) is 0.826. The van der Waals surface area contributed by atoms with Gasteiger partial charge >= 0.3 is 0 Å². The lowest BCUT2D eigenvalue weighted by atomic mass is 9.45. The Labute approximate surface area is 156 Å². The largest absolute Gasteiger partial charge is 0.354 e. The molecule has 0 radical (unpaired) electrons. The van der Waals surface area contributed by atoms with Crippen molar-refractivity contribution in [2.45, 2.75) is 84.3 Å². The lowest BCUT2D eigenvalue weighted by molar-refractivity contribution is -0.138. The molecule has 0 N–H and O–H groups in total. The molecule has 3 nitrogen and oxygen atoms in total. The predicted octanol–water partition coefficient (Wildman–Crippen LogP) is 4.49. The van der Waals surface area contributed by atoms with Crippen LogP contribution in [0.5, 0.6) is 0 Å². The highest BCUT2D eigenvalue weighted by Crippen LogP contribution is 2.77. The van der Waals surface area contributed by atoms with Crippen LogP contribution in [-0.4, -0.2) is 22.8 Å². The van der Waals surface area contributed by atoms with Gasteiger partial charge in [-0.15, -0.1) is 0 Å². The summed E-state index contributed by atoms with van der Waals surface area (Å²) in [7, 11) is 0. The standard InChI is InChI=1S/C23H32O3/c1-13-10-16-17(20(3)8-6-15(25)11-18(13)20)7-9-21(4)19(16)12-22(5)23(21,26-22)14(2)24/h11,13,16-17,19H,6-10,12H2,1-5H3/t13-,16+,17+,19+,20+,21+,22+,23-/m0/s1. The number of allylic oxidation sites excluding steroid dienone is 1. The molecule has 0 spiro atoms. The van der Waals surface area contributed by atoms with E-state index in [1.165, 1.54) is 18.4 Å². The summed E-state index contributed by atoms with van der Waals surface area (Å²) in [4.78, 5) is 24.7. The highest BCUT2D eigenvalue weighted by molar-refractivity contribution is 5.92. The van der Waals surface area contributed by atoms with E-state index in [4.69, 9.17) is 4.74 Å². The van der Waals surface area contributed by atoms with E-state index in [0.29, 0.717) is 35.9 Å². The minimum Gasteiger partial charge on any atom is -0.354 e. The van der Waals surface area contributed by atoms with Crippen LogP contribution in [0.3, 0.4) is 0 Å². The number of hydrogen-bond acceptors (Lipinski definition) is 3. The first-order valence-corrected chi connectivity index (χ1v) is 10.6. The number of epoxide rings is 1. The van der Waals surface area contributed by atoms with E-state index in [1.807, 2.05) is 6.08 Å². The molecule has 3 saturated carbocycles. The molecule has 5 rings (SSSR count). The van der Waals surface area contributed by atoms with Gasteiger partial charge in [0.15, 0.2) is 17.2 Å². The average molecular weight is 357 g/mol. The Hall–Kier alpha value is -0.960. The van der Waals surface area contributed by atoms with Crippen molar-refractivity contribution in [1.29, 1.82) is 0 Å². The van der Waals surface area contributed by atoms with Crippen LogP contribution in [0.1, 0.15) is 73.1 Å². The van der Waals surface area contributed by atoms with Crippen molar-refractivity contribution in [3.63, 3.8) is 0 Å². The average Bonchev–Trinajstić information content (AvgIpc) is 3.14. The van der Waals surface area contributed by atoms with Crippen LogP contribution < -0.4 is 0 Å². The number of rotatable bonds is 1. The monoisotopic (exact) mass is 356 g/mol. The first kappa shape index (κ1) is 17.2. The molecule has 0 aromatic carbocycles. The highest BCUT2D eigenvalue weighted by Gasteiger charge is 2.85. The smallest absolute Gasteiger partial charge is 0.165 e. The van der Waals surface area contributed by atoms with Crippen molar-refractivity contribution in [2.24, 2.45) is 34.5 Å². The number of Topliss-reactive ketones (excluding diaryl/α,β-unsaturated/α-hetero) is 1. The Morgan fingerprint density at radius 1 is 1.19 bits per heavy atom. The summed E-state index contributed by atoms with van der Waals surface area (Å²) in [5.41, 5.74) is 0.811. The maximum atomic E-state index is 12.7. The fourth-order valence-electron chi connectivity index (χ4n) is 8.60. The molecule has 0 amide bonds.